The van der Waals surface area contributed by atoms with Crippen molar-refractivity contribution >= 4 is 5.91 Å². The number of methoxy groups -OCH3 is 1. The number of nitrogens with one attached hydrogen (secondary N) is 1. The lowest BCUT2D eigenvalue weighted by molar-refractivity contribution is 0.0920. The lowest BCUT2D eigenvalue weighted by Crippen LogP contribution is -2.34. The van der Waals surface area contributed by atoms with Crippen molar-refractivity contribution in [3.8, 4) is 0 Å². The van der Waals surface area contributed by atoms with Crippen LogP contribution >= 0.6 is 0 Å². The molecule has 0 unspecified atom stereocenters. The number of nitrogens with zero attached hydrogens (tertiary/aromatic N) is 1. The van der Waals surface area contributed by atoms with Crippen molar-refractivity contribution in [3.63, 3.8) is 0 Å². The predicted octanol–water partition coefficient (Wildman–Crippen LogP) is 2.01. The van der Waals surface area contributed by atoms with E-state index in [1.807, 2.05) is 13.8 Å². The molecule has 0 atom stereocenters. The van der Waals surface area contributed by atoms with Gasteiger partial charge in [-0.2, -0.15) is 4.39 Å². The summed E-state index contributed by atoms with van der Waals surface area (Å²) in [5, 5.41) is 2.79. The van der Waals surface area contributed by atoms with Gasteiger partial charge in [-0.1, -0.05) is 13.8 Å². The molecule has 0 aromatic carbocycles. The summed E-state index contributed by atoms with van der Waals surface area (Å²) in [6, 6.07) is 2.61. The number of carbonyl (C=O) groups is 1. The third-order valence-electron chi connectivity index (χ3n) is 2.70. The fraction of sp³-hybridized carbons (Fsp3) is 0.538. The van der Waals surface area contributed by atoms with Crippen LogP contribution in [0.4, 0.5) is 4.39 Å². The molecule has 0 bridgehead atoms. The molecule has 0 aliphatic carbocycles. The highest BCUT2D eigenvalue weighted by molar-refractivity contribution is 5.94. The molecule has 0 radical (unpaired) electrons. The summed E-state index contributed by atoms with van der Waals surface area (Å²) in [5.74, 6) is -0.942. The molecular formula is C13H19FN2O2. The van der Waals surface area contributed by atoms with E-state index in [-0.39, 0.29) is 16.9 Å². The number of carbonyl (C=O) groups excluding carboxylic acids is 1. The fourth-order valence-electron chi connectivity index (χ4n) is 1.43. The second kappa shape index (κ2) is 6.44. The zero-order chi connectivity index (χ0) is 13.6. The number of ether oxygens (including phenoxy) is 1. The Labute approximate surface area is 107 Å². The summed E-state index contributed by atoms with van der Waals surface area (Å²) in [6.45, 7) is 5.24. The average Bonchev–Trinajstić information content (AvgIpc) is 2.34. The van der Waals surface area contributed by atoms with Crippen molar-refractivity contribution in [3.05, 3.63) is 29.8 Å². The standard InChI is InChI=1S/C13H19FN2O2/c1-13(2,5-7-18-3)9-16-12(17)10-4-6-15-11(14)8-10/h4,6,8H,5,7,9H2,1-3H3,(H,16,17). The summed E-state index contributed by atoms with van der Waals surface area (Å²) in [5.41, 5.74) is 0.224. The minimum Gasteiger partial charge on any atom is -0.385 e. The maximum Gasteiger partial charge on any atom is 0.251 e. The van der Waals surface area contributed by atoms with Gasteiger partial charge < -0.3 is 10.1 Å². The second-order valence-electron chi connectivity index (χ2n) is 4.96. The highest BCUT2D eigenvalue weighted by atomic mass is 19.1. The SMILES string of the molecule is COCCC(C)(C)CNC(=O)c1ccnc(F)c1. The molecule has 0 fully saturated rings. The highest BCUT2D eigenvalue weighted by Crippen LogP contribution is 2.18. The average molecular weight is 254 g/mol. The molecule has 1 N–H and O–H groups in total. The topological polar surface area (TPSA) is 51.2 Å². The van der Waals surface area contributed by atoms with Gasteiger partial charge in [0.1, 0.15) is 0 Å². The van der Waals surface area contributed by atoms with Gasteiger partial charge in [-0.15, -0.1) is 0 Å². The molecule has 1 rings (SSSR count). The molecule has 0 aliphatic heterocycles. The van der Waals surface area contributed by atoms with Crippen molar-refractivity contribution in [2.75, 3.05) is 20.3 Å². The van der Waals surface area contributed by atoms with Crippen LogP contribution in [-0.2, 0) is 4.74 Å². The van der Waals surface area contributed by atoms with E-state index in [4.69, 9.17) is 4.74 Å². The van der Waals surface area contributed by atoms with Crippen molar-refractivity contribution in [2.45, 2.75) is 20.3 Å². The number of hydrogen-bond acceptors (Lipinski definition) is 3. The van der Waals surface area contributed by atoms with Gasteiger partial charge in [0.25, 0.3) is 5.91 Å². The first-order valence-corrected chi connectivity index (χ1v) is 5.83. The second-order valence-corrected chi connectivity index (χ2v) is 4.96. The summed E-state index contributed by atoms with van der Waals surface area (Å²) in [7, 11) is 1.65. The minimum absolute atomic E-state index is 0.0583. The van der Waals surface area contributed by atoms with Crippen LogP contribution in [0.25, 0.3) is 0 Å². The quantitative estimate of drug-likeness (QED) is 0.790. The zero-order valence-electron chi connectivity index (χ0n) is 11.0. The van der Waals surface area contributed by atoms with Crippen LogP contribution in [0.5, 0.6) is 0 Å². The van der Waals surface area contributed by atoms with E-state index >= 15 is 0 Å². The smallest absolute Gasteiger partial charge is 0.251 e. The summed E-state index contributed by atoms with van der Waals surface area (Å²) in [4.78, 5) is 15.2. The summed E-state index contributed by atoms with van der Waals surface area (Å²) in [6.07, 6.45) is 2.12. The molecule has 0 spiro atoms. The molecule has 1 aromatic heterocycles. The van der Waals surface area contributed by atoms with Crippen LogP contribution in [-0.4, -0.2) is 31.2 Å². The van der Waals surface area contributed by atoms with Crippen molar-refractivity contribution in [1.82, 2.24) is 10.3 Å². The Kier molecular flexibility index (Phi) is 5.22. The van der Waals surface area contributed by atoms with Crippen LogP contribution in [0.2, 0.25) is 0 Å². The van der Waals surface area contributed by atoms with Crippen LogP contribution in [0.15, 0.2) is 18.3 Å². The first kappa shape index (κ1) is 14.6. The van der Waals surface area contributed by atoms with E-state index < -0.39 is 5.95 Å². The molecule has 1 heterocycles. The van der Waals surface area contributed by atoms with Gasteiger partial charge in [-0.05, 0) is 17.9 Å². The van der Waals surface area contributed by atoms with E-state index in [2.05, 4.69) is 10.3 Å². The van der Waals surface area contributed by atoms with Gasteiger partial charge in [0.05, 0.1) is 0 Å². The predicted molar refractivity (Wildman–Crippen MR) is 66.8 cm³/mol. The van der Waals surface area contributed by atoms with Crippen molar-refractivity contribution < 1.29 is 13.9 Å². The van der Waals surface area contributed by atoms with Crippen molar-refractivity contribution in [1.29, 1.82) is 0 Å². The van der Waals surface area contributed by atoms with Gasteiger partial charge in [0.15, 0.2) is 0 Å². The highest BCUT2D eigenvalue weighted by Gasteiger charge is 2.19. The molecule has 100 valence electrons. The Balaban J connectivity index is 2.50. The third kappa shape index (κ3) is 4.79. The number of aromatic nitrogens is 1. The Morgan fingerprint density at radius 2 is 2.28 bits per heavy atom. The third-order valence-corrected chi connectivity index (χ3v) is 2.70. The lowest BCUT2D eigenvalue weighted by atomic mass is 9.89. The largest absolute Gasteiger partial charge is 0.385 e. The first-order chi connectivity index (χ1) is 8.44. The van der Waals surface area contributed by atoms with E-state index in [0.29, 0.717) is 13.2 Å². The van der Waals surface area contributed by atoms with E-state index in [0.717, 1.165) is 12.5 Å². The Morgan fingerprint density at radius 1 is 1.56 bits per heavy atom. The summed E-state index contributed by atoms with van der Waals surface area (Å²) >= 11 is 0. The molecule has 1 amide bonds. The molecule has 0 saturated carbocycles. The van der Waals surface area contributed by atoms with Crippen LogP contribution < -0.4 is 5.32 Å². The van der Waals surface area contributed by atoms with E-state index in [1.165, 1.54) is 12.3 Å². The normalized spacial score (nSPS) is 11.3. The lowest BCUT2D eigenvalue weighted by Gasteiger charge is -2.24. The molecule has 5 heteroatoms. The molecule has 0 aliphatic rings. The van der Waals surface area contributed by atoms with Gasteiger partial charge in [0.2, 0.25) is 5.95 Å². The monoisotopic (exact) mass is 254 g/mol. The maximum absolute atomic E-state index is 12.9. The van der Waals surface area contributed by atoms with Gasteiger partial charge in [-0.25, -0.2) is 4.98 Å². The van der Waals surface area contributed by atoms with E-state index in [9.17, 15) is 9.18 Å². The van der Waals surface area contributed by atoms with Gasteiger partial charge in [0, 0.05) is 38.1 Å². The maximum atomic E-state index is 12.9. The zero-order valence-corrected chi connectivity index (χ0v) is 11.0. The Hall–Kier alpha value is -1.49. The molecule has 1 aromatic rings. The Morgan fingerprint density at radius 3 is 2.89 bits per heavy atom. The van der Waals surface area contributed by atoms with Crippen LogP contribution in [0, 0.1) is 11.4 Å². The number of rotatable bonds is 6. The number of amides is 1. The number of halogens is 1. The number of pyridine rings is 1. The minimum atomic E-state index is -0.652. The number of hydrogen-bond donors (Lipinski definition) is 1. The van der Waals surface area contributed by atoms with E-state index in [1.54, 1.807) is 7.11 Å². The molecule has 0 saturated heterocycles. The van der Waals surface area contributed by atoms with Crippen LogP contribution in [0.1, 0.15) is 30.6 Å². The van der Waals surface area contributed by atoms with Gasteiger partial charge in [-0.3, -0.25) is 4.79 Å². The van der Waals surface area contributed by atoms with Gasteiger partial charge >= 0.3 is 0 Å². The fourth-order valence-corrected chi connectivity index (χ4v) is 1.43. The van der Waals surface area contributed by atoms with Crippen molar-refractivity contribution in [2.24, 2.45) is 5.41 Å². The molecule has 18 heavy (non-hydrogen) atoms. The summed E-state index contributed by atoms with van der Waals surface area (Å²) < 4.78 is 17.9. The first-order valence-electron chi connectivity index (χ1n) is 5.83. The molecule has 4 nitrogen and oxygen atoms in total. The molecular weight excluding hydrogens is 235 g/mol. The Bertz CT molecular complexity index is 408. The van der Waals surface area contributed by atoms with Crippen LogP contribution in [0.3, 0.4) is 0 Å².